The summed E-state index contributed by atoms with van der Waals surface area (Å²) in [5.74, 6) is -1.03. The van der Waals surface area contributed by atoms with Gasteiger partial charge in [-0.15, -0.1) is 0 Å². The molecule has 142 valence electrons. The second-order valence-electron chi connectivity index (χ2n) is 5.80. The van der Waals surface area contributed by atoms with Crippen LogP contribution in [0.15, 0.2) is 77.4 Å². The average molecular weight is 421 g/mol. The summed E-state index contributed by atoms with van der Waals surface area (Å²) in [5, 5.41) is 3.74. The van der Waals surface area contributed by atoms with Gasteiger partial charge in [-0.2, -0.15) is 0 Å². The van der Waals surface area contributed by atoms with Crippen molar-refractivity contribution in [2.24, 2.45) is 5.16 Å². The average Bonchev–Trinajstić information content (AvgIpc) is 3.20. The summed E-state index contributed by atoms with van der Waals surface area (Å²) in [6.07, 6.45) is 4.31. The number of allylic oxidation sites excluding steroid dienone is 2. The van der Waals surface area contributed by atoms with Crippen LogP contribution in [0.4, 0.5) is 5.69 Å². The number of para-hydroxylation sites is 2. The minimum Gasteiger partial charge on any atom is -0.747 e. The molecule has 1 aromatic carbocycles. The largest absolute Gasteiger partial charge is 1.00 e. The number of rotatable bonds is 4. The van der Waals surface area contributed by atoms with Gasteiger partial charge in [0.15, 0.2) is 5.75 Å². The maximum Gasteiger partial charge on any atom is 1.00 e. The molecule has 29 heavy (non-hydrogen) atoms. The van der Waals surface area contributed by atoms with Crippen LogP contribution >= 0.6 is 0 Å². The molecule has 0 N–H and O–H groups in total. The number of pyridine rings is 1. The molecule has 0 aliphatic carbocycles. The molecule has 3 heterocycles. The van der Waals surface area contributed by atoms with Crippen molar-refractivity contribution < 1.29 is 56.9 Å². The normalized spacial score (nSPS) is 18.2. The monoisotopic (exact) mass is 421 g/mol. The molecule has 0 spiro atoms. The van der Waals surface area contributed by atoms with Crippen LogP contribution in [0.5, 0.6) is 5.75 Å². The van der Waals surface area contributed by atoms with E-state index in [-0.39, 0.29) is 46.7 Å². The topological polar surface area (TPSA) is 121 Å². The SMILES string of the molecule is O=C1ON=C(c2ccccn2)/C1=C/C=C1Oc2ccccc2N1CS(=O)(=O)[O-].[Na+]. The first-order chi connectivity index (χ1) is 13.4. The van der Waals surface area contributed by atoms with Gasteiger partial charge in [0.25, 0.3) is 0 Å². The number of benzene rings is 1. The molecule has 0 atom stereocenters. The van der Waals surface area contributed by atoms with E-state index >= 15 is 0 Å². The molecule has 0 unspecified atom stereocenters. The van der Waals surface area contributed by atoms with Crippen LogP contribution in [-0.2, 0) is 19.8 Å². The van der Waals surface area contributed by atoms with E-state index in [0.29, 0.717) is 17.1 Å². The van der Waals surface area contributed by atoms with Crippen LogP contribution < -0.4 is 39.2 Å². The standard InChI is InChI=1S/C18H13N3O6S.Na/c22-18-12(17(20-27-18)13-5-3-4-10-19-13)8-9-16-21(11-28(23,24)25)14-6-1-2-7-15(14)26-16;/h1-10H,11H2,(H,23,24,25);/q;+1/p-1/b12-8-,16-9?;. The molecular formula is C18H12N3NaO6S. The van der Waals surface area contributed by atoms with Crippen LogP contribution in [-0.4, -0.2) is 35.5 Å². The number of nitrogens with zero attached hydrogens (tertiary/aromatic N) is 3. The molecule has 1 aromatic heterocycles. The van der Waals surface area contributed by atoms with Crippen molar-refractivity contribution >= 4 is 27.5 Å². The van der Waals surface area contributed by atoms with E-state index < -0.39 is 22.0 Å². The summed E-state index contributed by atoms with van der Waals surface area (Å²) in [6.45, 7) is 0. The Morgan fingerprint density at radius 3 is 2.59 bits per heavy atom. The van der Waals surface area contributed by atoms with Crippen molar-refractivity contribution in [3.05, 3.63) is 78.0 Å². The Hall–Kier alpha value is -2.50. The summed E-state index contributed by atoms with van der Waals surface area (Å²) in [4.78, 5) is 22.1. The molecule has 0 bridgehead atoms. The van der Waals surface area contributed by atoms with Gasteiger partial charge in [-0.05, 0) is 36.4 Å². The zero-order chi connectivity index (χ0) is 19.7. The van der Waals surface area contributed by atoms with E-state index in [2.05, 4.69) is 10.1 Å². The zero-order valence-electron chi connectivity index (χ0n) is 15.2. The van der Waals surface area contributed by atoms with Crippen LogP contribution in [0.25, 0.3) is 0 Å². The summed E-state index contributed by atoms with van der Waals surface area (Å²) in [7, 11) is -4.58. The van der Waals surface area contributed by atoms with Gasteiger partial charge in [-0.25, -0.2) is 13.2 Å². The van der Waals surface area contributed by atoms with E-state index in [9.17, 15) is 17.8 Å². The molecule has 4 rings (SSSR count). The molecule has 0 fully saturated rings. The third-order valence-electron chi connectivity index (χ3n) is 3.92. The predicted molar refractivity (Wildman–Crippen MR) is 97.1 cm³/mol. The van der Waals surface area contributed by atoms with Crippen molar-refractivity contribution in [3.63, 3.8) is 0 Å². The molecule has 2 aromatic rings. The van der Waals surface area contributed by atoms with Crippen molar-refractivity contribution in [1.82, 2.24) is 4.98 Å². The van der Waals surface area contributed by atoms with Crippen molar-refractivity contribution in [1.29, 1.82) is 0 Å². The first-order valence-corrected chi connectivity index (χ1v) is 9.61. The van der Waals surface area contributed by atoms with Gasteiger partial charge in [0.2, 0.25) is 5.88 Å². The molecule has 2 aliphatic rings. The molecule has 2 aliphatic heterocycles. The zero-order valence-corrected chi connectivity index (χ0v) is 18.0. The summed E-state index contributed by atoms with van der Waals surface area (Å²) in [5.41, 5.74) is 1.23. The molecule has 11 heteroatoms. The van der Waals surface area contributed by atoms with E-state index in [4.69, 9.17) is 9.57 Å². The number of hydrogen-bond acceptors (Lipinski definition) is 9. The van der Waals surface area contributed by atoms with E-state index in [1.807, 2.05) is 0 Å². The van der Waals surface area contributed by atoms with Crippen LogP contribution in [0.3, 0.4) is 0 Å². The number of oxime groups is 1. The molecule has 9 nitrogen and oxygen atoms in total. The number of ether oxygens (including phenoxy) is 1. The smallest absolute Gasteiger partial charge is 0.747 e. The number of carbonyl (C=O) groups is 1. The number of carbonyl (C=O) groups excluding carboxylic acids is 1. The van der Waals surface area contributed by atoms with Crippen molar-refractivity contribution in [3.8, 4) is 5.75 Å². The van der Waals surface area contributed by atoms with Crippen molar-refractivity contribution in [2.75, 3.05) is 10.8 Å². The van der Waals surface area contributed by atoms with Gasteiger partial charge >= 0.3 is 35.5 Å². The minimum atomic E-state index is -4.58. The maximum atomic E-state index is 12.0. The van der Waals surface area contributed by atoms with Crippen LogP contribution in [0.1, 0.15) is 5.69 Å². The number of fused-ring (bicyclic) bond motifs is 1. The fourth-order valence-electron chi connectivity index (χ4n) is 2.74. The number of anilines is 1. The summed E-state index contributed by atoms with van der Waals surface area (Å²) < 4.78 is 39.5. The second kappa shape index (κ2) is 8.47. The predicted octanol–water partition coefficient (Wildman–Crippen LogP) is -1.48. The van der Waals surface area contributed by atoms with Crippen molar-refractivity contribution in [2.45, 2.75) is 0 Å². The first-order valence-electron chi connectivity index (χ1n) is 8.03. The molecule has 0 radical (unpaired) electrons. The fraction of sp³-hybridized carbons (Fsp3) is 0.0556. The van der Waals surface area contributed by atoms with Gasteiger partial charge in [-0.1, -0.05) is 23.4 Å². The fourth-order valence-corrected chi connectivity index (χ4v) is 3.32. The third kappa shape index (κ3) is 4.57. The molecule has 0 amide bonds. The second-order valence-corrected chi connectivity index (χ2v) is 7.18. The van der Waals surface area contributed by atoms with Gasteiger partial charge in [0.05, 0.1) is 17.0 Å². The molecular weight excluding hydrogens is 409 g/mol. The Balaban J connectivity index is 0.00000240. The van der Waals surface area contributed by atoms with Crippen LogP contribution in [0, 0.1) is 0 Å². The van der Waals surface area contributed by atoms with E-state index in [0.717, 1.165) is 0 Å². The molecule has 0 saturated carbocycles. The first kappa shape index (κ1) is 21.2. The number of hydrogen-bond donors (Lipinski definition) is 0. The number of aromatic nitrogens is 1. The van der Waals surface area contributed by atoms with Gasteiger partial charge < -0.3 is 14.1 Å². The Bertz CT molecular complexity index is 1150. The van der Waals surface area contributed by atoms with E-state index in [1.165, 1.54) is 17.1 Å². The Labute approximate surface area is 188 Å². The molecule has 0 saturated heterocycles. The third-order valence-corrected chi connectivity index (χ3v) is 4.49. The van der Waals surface area contributed by atoms with E-state index in [1.54, 1.807) is 48.7 Å². The minimum absolute atomic E-state index is 0. The summed E-state index contributed by atoms with van der Waals surface area (Å²) in [6, 6.07) is 11.8. The Morgan fingerprint density at radius 2 is 1.86 bits per heavy atom. The Kier molecular flexibility index (Phi) is 6.20. The summed E-state index contributed by atoms with van der Waals surface area (Å²) >= 11 is 0. The van der Waals surface area contributed by atoms with Gasteiger partial charge in [0, 0.05) is 6.20 Å². The van der Waals surface area contributed by atoms with Gasteiger partial charge in [0.1, 0.15) is 21.7 Å². The Morgan fingerprint density at radius 1 is 1.10 bits per heavy atom. The van der Waals surface area contributed by atoms with Crippen LogP contribution in [0.2, 0.25) is 0 Å². The van der Waals surface area contributed by atoms with Gasteiger partial charge in [-0.3, -0.25) is 9.88 Å². The maximum absolute atomic E-state index is 12.0. The quantitative estimate of drug-likeness (QED) is 0.254.